The van der Waals surface area contributed by atoms with Crippen LogP contribution in [0.25, 0.3) is 0 Å². The predicted molar refractivity (Wildman–Crippen MR) is 46.1 cm³/mol. The summed E-state index contributed by atoms with van der Waals surface area (Å²) in [7, 11) is 1.49. The van der Waals surface area contributed by atoms with Gasteiger partial charge in [0.05, 0.1) is 0 Å². The molecule has 0 heterocycles. The number of unbranched alkanes of at least 4 members (excludes halogenated alkanes) is 1. The van der Waals surface area contributed by atoms with E-state index in [1.807, 2.05) is 0 Å². The van der Waals surface area contributed by atoms with Gasteiger partial charge in [0.2, 0.25) is 0 Å². The van der Waals surface area contributed by atoms with Crippen LogP contribution in [-0.2, 0) is 0 Å². The zero-order chi connectivity index (χ0) is 6.95. The van der Waals surface area contributed by atoms with Gasteiger partial charge in [-0.1, -0.05) is 40.7 Å². The van der Waals surface area contributed by atoms with E-state index < -0.39 is 0 Å². The molecule has 0 amide bonds. The fourth-order valence-corrected chi connectivity index (χ4v) is 1.51. The van der Waals surface area contributed by atoms with Gasteiger partial charge >= 0.3 is 0 Å². The Balaban J connectivity index is 2.82. The molecule has 0 saturated carbocycles. The summed E-state index contributed by atoms with van der Waals surface area (Å²) >= 11 is 0. The smallest absolute Gasteiger partial charge is 0.0250 e. The fraction of sp³-hybridized carbons (Fsp3) is 0.750. The average Bonchev–Trinajstić information content (AvgIpc) is 1.89. The van der Waals surface area contributed by atoms with E-state index in [9.17, 15) is 0 Å². The molecule has 0 saturated heterocycles. The van der Waals surface area contributed by atoms with E-state index in [0.29, 0.717) is 0 Å². The van der Waals surface area contributed by atoms with Gasteiger partial charge in [-0.3, -0.25) is 0 Å². The zero-order valence-corrected chi connectivity index (χ0v) is 7.32. The van der Waals surface area contributed by atoms with Crippen LogP contribution < -0.4 is 0 Å². The van der Waals surface area contributed by atoms with Crippen LogP contribution in [0.5, 0.6) is 0 Å². The van der Waals surface area contributed by atoms with Gasteiger partial charge in [-0.15, -0.1) is 0 Å². The topological polar surface area (TPSA) is 0 Å². The largest absolute Gasteiger partial charge is 0.0840 e. The summed E-state index contributed by atoms with van der Waals surface area (Å²) < 4.78 is 0. The molecule has 0 aromatic carbocycles. The van der Waals surface area contributed by atoms with Gasteiger partial charge in [0.1, 0.15) is 0 Å². The molecule has 0 aliphatic rings. The Kier molecular flexibility index (Phi) is 8.32. The van der Waals surface area contributed by atoms with E-state index in [-0.39, 0.29) is 0 Å². The van der Waals surface area contributed by atoms with E-state index in [1.54, 1.807) is 0 Å². The molecule has 0 N–H and O–H groups in total. The molecule has 0 nitrogen and oxygen atoms in total. The normalized spacial score (nSPS) is 12.2. The van der Waals surface area contributed by atoms with Crippen molar-refractivity contribution in [1.82, 2.24) is 0 Å². The van der Waals surface area contributed by atoms with Crippen LogP contribution >= 0.6 is 8.58 Å². The molecule has 1 heteroatoms. The van der Waals surface area contributed by atoms with Crippen molar-refractivity contribution in [1.29, 1.82) is 0 Å². The molecule has 1 radical (unpaired) electrons. The van der Waals surface area contributed by atoms with Crippen molar-refractivity contribution >= 4 is 8.58 Å². The molecule has 53 valence electrons. The second-order valence-corrected chi connectivity index (χ2v) is 3.16. The van der Waals surface area contributed by atoms with Crippen LogP contribution in [0.4, 0.5) is 0 Å². The van der Waals surface area contributed by atoms with Crippen molar-refractivity contribution in [2.75, 3.05) is 6.16 Å². The molecule has 0 rings (SSSR count). The Morgan fingerprint density at radius 1 is 1.33 bits per heavy atom. The first kappa shape index (κ1) is 9.17. The third-order valence-electron chi connectivity index (χ3n) is 1.09. The highest BCUT2D eigenvalue weighted by Crippen LogP contribution is 2.13. The Morgan fingerprint density at radius 3 is 2.67 bits per heavy atom. The van der Waals surface area contributed by atoms with Crippen molar-refractivity contribution < 1.29 is 0 Å². The van der Waals surface area contributed by atoms with E-state index in [0.717, 1.165) is 0 Å². The van der Waals surface area contributed by atoms with Gasteiger partial charge in [-0.25, -0.2) is 0 Å². The number of rotatable bonds is 5. The first-order chi connectivity index (χ1) is 4.41. The SMILES string of the molecule is CCC=C[P]CCCC. The van der Waals surface area contributed by atoms with Crippen molar-refractivity contribution in [3.05, 3.63) is 11.9 Å². The lowest BCUT2D eigenvalue weighted by atomic mass is 10.4. The zero-order valence-electron chi connectivity index (χ0n) is 6.43. The van der Waals surface area contributed by atoms with Crippen LogP contribution in [-0.4, -0.2) is 6.16 Å². The summed E-state index contributed by atoms with van der Waals surface area (Å²) in [5.74, 6) is 2.26. The van der Waals surface area contributed by atoms with Gasteiger partial charge in [-0.2, -0.15) is 0 Å². The summed E-state index contributed by atoms with van der Waals surface area (Å²) in [6.45, 7) is 4.41. The maximum atomic E-state index is 2.26. The maximum Gasteiger partial charge on any atom is -0.0250 e. The molecule has 0 bridgehead atoms. The van der Waals surface area contributed by atoms with Crippen LogP contribution in [0.2, 0.25) is 0 Å². The monoisotopic (exact) mass is 143 g/mol. The summed E-state index contributed by atoms with van der Waals surface area (Å²) in [5, 5.41) is 0. The van der Waals surface area contributed by atoms with Crippen LogP contribution in [0.1, 0.15) is 33.1 Å². The number of hydrogen-bond donors (Lipinski definition) is 0. The Labute approximate surface area is 60.5 Å². The van der Waals surface area contributed by atoms with Crippen molar-refractivity contribution in [2.24, 2.45) is 0 Å². The van der Waals surface area contributed by atoms with Crippen LogP contribution in [0, 0.1) is 0 Å². The first-order valence-corrected chi connectivity index (χ1v) is 4.88. The van der Waals surface area contributed by atoms with Crippen molar-refractivity contribution in [3.63, 3.8) is 0 Å². The molecule has 0 unspecified atom stereocenters. The van der Waals surface area contributed by atoms with Gasteiger partial charge in [0.15, 0.2) is 0 Å². The molecule has 0 spiro atoms. The van der Waals surface area contributed by atoms with E-state index in [1.165, 1.54) is 34.0 Å². The predicted octanol–water partition coefficient (Wildman–Crippen LogP) is 3.66. The highest BCUT2D eigenvalue weighted by molar-refractivity contribution is 7.41. The standard InChI is InChI=1S/C8H16P/c1-3-5-7-9-8-6-4-2/h5,7H,3-4,6,8H2,1-2H3. The third-order valence-corrected chi connectivity index (χ3v) is 2.08. The molecule has 9 heavy (non-hydrogen) atoms. The molecular weight excluding hydrogens is 127 g/mol. The lowest BCUT2D eigenvalue weighted by Crippen LogP contribution is -1.69. The van der Waals surface area contributed by atoms with Gasteiger partial charge in [-0.05, 0) is 19.0 Å². The van der Waals surface area contributed by atoms with E-state index in [2.05, 4.69) is 25.7 Å². The Morgan fingerprint density at radius 2 is 2.11 bits per heavy atom. The van der Waals surface area contributed by atoms with E-state index in [4.69, 9.17) is 0 Å². The first-order valence-electron chi connectivity index (χ1n) is 3.73. The lowest BCUT2D eigenvalue weighted by molar-refractivity contribution is 0.895. The summed E-state index contributed by atoms with van der Waals surface area (Å²) in [4.78, 5) is 0. The van der Waals surface area contributed by atoms with Crippen molar-refractivity contribution in [3.8, 4) is 0 Å². The minimum atomic E-state index is 1.18. The van der Waals surface area contributed by atoms with Gasteiger partial charge in [0.25, 0.3) is 0 Å². The summed E-state index contributed by atoms with van der Waals surface area (Å²) in [5.41, 5.74) is 0. The molecule has 0 aromatic rings. The third kappa shape index (κ3) is 8.17. The lowest BCUT2D eigenvalue weighted by Gasteiger charge is -1.89. The Bertz CT molecular complexity index is 67.0. The molecule has 0 aliphatic carbocycles. The molecular formula is C8H16P. The van der Waals surface area contributed by atoms with Gasteiger partial charge in [0, 0.05) is 0 Å². The number of allylic oxidation sites excluding steroid dienone is 1. The molecule has 0 atom stereocenters. The second-order valence-electron chi connectivity index (χ2n) is 2.05. The highest BCUT2D eigenvalue weighted by atomic mass is 31.1. The molecule has 0 aromatic heterocycles. The van der Waals surface area contributed by atoms with Crippen molar-refractivity contribution in [2.45, 2.75) is 33.1 Å². The maximum absolute atomic E-state index is 2.26. The minimum absolute atomic E-state index is 1.18. The minimum Gasteiger partial charge on any atom is -0.0840 e. The summed E-state index contributed by atoms with van der Waals surface area (Å²) in [6.07, 6.45) is 7.45. The quantitative estimate of drug-likeness (QED) is 0.407. The number of hydrogen-bond acceptors (Lipinski definition) is 0. The molecule has 0 aliphatic heterocycles. The fourth-order valence-electron chi connectivity index (χ4n) is 0.504. The average molecular weight is 143 g/mol. The molecule has 0 fully saturated rings. The van der Waals surface area contributed by atoms with Gasteiger partial charge < -0.3 is 0 Å². The summed E-state index contributed by atoms with van der Waals surface area (Å²) in [6, 6.07) is 0. The Hall–Kier alpha value is 0.170. The van der Waals surface area contributed by atoms with Crippen LogP contribution in [0.3, 0.4) is 0 Å². The highest BCUT2D eigenvalue weighted by Gasteiger charge is 1.80. The second kappa shape index (κ2) is 8.17. The van der Waals surface area contributed by atoms with Crippen LogP contribution in [0.15, 0.2) is 11.9 Å². The van der Waals surface area contributed by atoms with E-state index >= 15 is 0 Å².